The molecule has 2 rings (SSSR count). The van der Waals surface area contributed by atoms with E-state index in [0.717, 1.165) is 17.1 Å². The highest BCUT2D eigenvalue weighted by molar-refractivity contribution is 5.90. The van der Waals surface area contributed by atoms with Crippen molar-refractivity contribution in [1.29, 1.82) is 0 Å². The van der Waals surface area contributed by atoms with Crippen LogP contribution in [0, 0.1) is 6.92 Å². The van der Waals surface area contributed by atoms with Gasteiger partial charge in [-0.25, -0.2) is 0 Å². The fourth-order valence-corrected chi connectivity index (χ4v) is 2.02. The Labute approximate surface area is 131 Å². The van der Waals surface area contributed by atoms with Crippen LogP contribution in [0.2, 0.25) is 0 Å². The fourth-order valence-electron chi connectivity index (χ4n) is 2.02. The van der Waals surface area contributed by atoms with E-state index in [0.29, 0.717) is 19.6 Å². The molecule has 1 amide bonds. The molecule has 0 saturated heterocycles. The minimum Gasteiger partial charge on any atom is -0.494 e. The summed E-state index contributed by atoms with van der Waals surface area (Å²) in [5.74, 6) is 0.854. The summed E-state index contributed by atoms with van der Waals surface area (Å²) in [4.78, 5) is 11.9. The Balaban J connectivity index is 1.73. The molecule has 2 aromatic rings. The summed E-state index contributed by atoms with van der Waals surface area (Å²) in [7, 11) is 0. The van der Waals surface area contributed by atoms with Crippen LogP contribution in [0.5, 0.6) is 5.75 Å². The number of ether oxygens (including phenoxy) is 1. The van der Waals surface area contributed by atoms with Crippen LogP contribution in [0.25, 0.3) is 0 Å². The number of amides is 1. The third-order valence-corrected chi connectivity index (χ3v) is 3.18. The van der Waals surface area contributed by atoms with Crippen molar-refractivity contribution in [2.45, 2.75) is 20.3 Å². The monoisotopic (exact) mass is 298 g/mol. The van der Waals surface area contributed by atoms with Crippen molar-refractivity contribution in [2.24, 2.45) is 0 Å². The van der Waals surface area contributed by atoms with E-state index in [2.05, 4.69) is 10.6 Å². The van der Waals surface area contributed by atoms with Gasteiger partial charge in [0.05, 0.1) is 6.61 Å². The molecule has 0 aromatic heterocycles. The summed E-state index contributed by atoms with van der Waals surface area (Å²) >= 11 is 0. The largest absolute Gasteiger partial charge is 0.494 e. The molecule has 22 heavy (non-hydrogen) atoms. The van der Waals surface area contributed by atoms with Gasteiger partial charge in [0.15, 0.2) is 0 Å². The Morgan fingerprint density at radius 3 is 2.27 bits per heavy atom. The summed E-state index contributed by atoms with van der Waals surface area (Å²) in [6, 6.07) is 15.5. The van der Waals surface area contributed by atoms with Gasteiger partial charge in [-0.2, -0.15) is 0 Å². The van der Waals surface area contributed by atoms with Crippen LogP contribution < -0.4 is 15.4 Å². The number of benzene rings is 2. The van der Waals surface area contributed by atoms with Crippen LogP contribution in [-0.2, 0) is 4.79 Å². The predicted octanol–water partition coefficient (Wildman–Crippen LogP) is 3.83. The molecule has 0 spiro atoms. The highest BCUT2D eigenvalue weighted by Crippen LogP contribution is 2.15. The molecule has 0 radical (unpaired) electrons. The Bertz CT molecular complexity index is 591. The van der Waals surface area contributed by atoms with Gasteiger partial charge in [0, 0.05) is 24.3 Å². The first-order chi connectivity index (χ1) is 10.7. The van der Waals surface area contributed by atoms with Crippen molar-refractivity contribution in [3.05, 3.63) is 54.1 Å². The molecule has 0 saturated carbocycles. The van der Waals surface area contributed by atoms with Crippen molar-refractivity contribution in [2.75, 3.05) is 23.8 Å². The maximum absolute atomic E-state index is 11.9. The average molecular weight is 298 g/mol. The molecule has 0 heterocycles. The second-order valence-electron chi connectivity index (χ2n) is 5.05. The Kier molecular flexibility index (Phi) is 5.83. The lowest BCUT2D eigenvalue weighted by molar-refractivity contribution is -0.115. The SMILES string of the molecule is CCOc1ccc(NCCC(=O)Nc2ccc(C)cc2)cc1. The van der Waals surface area contributed by atoms with E-state index in [9.17, 15) is 4.79 Å². The smallest absolute Gasteiger partial charge is 0.226 e. The normalized spacial score (nSPS) is 10.1. The molecule has 0 bridgehead atoms. The quantitative estimate of drug-likeness (QED) is 0.816. The van der Waals surface area contributed by atoms with E-state index in [1.807, 2.05) is 62.4 Å². The van der Waals surface area contributed by atoms with Crippen LogP contribution in [0.3, 0.4) is 0 Å². The summed E-state index contributed by atoms with van der Waals surface area (Å²) in [6.45, 7) is 5.22. The first-order valence-electron chi connectivity index (χ1n) is 7.50. The maximum atomic E-state index is 11.9. The lowest BCUT2D eigenvalue weighted by Crippen LogP contribution is -2.16. The van der Waals surface area contributed by atoms with E-state index in [4.69, 9.17) is 4.74 Å². The number of aryl methyl sites for hydroxylation is 1. The molecular formula is C18H22N2O2. The lowest BCUT2D eigenvalue weighted by atomic mass is 10.2. The minimum atomic E-state index is 0.00212. The number of hydrogen-bond acceptors (Lipinski definition) is 3. The van der Waals surface area contributed by atoms with Gasteiger partial charge in [-0.3, -0.25) is 4.79 Å². The van der Waals surface area contributed by atoms with Crippen molar-refractivity contribution >= 4 is 17.3 Å². The van der Waals surface area contributed by atoms with Crippen molar-refractivity contribution in [1.82, 2.24) is 0 Å². The van der Waals surface area contributed by atoms with Gasteiger partial charge in [0.25, 0.3) is 0 Å². The molecule has 4 heteroatoms. The molecule has 0 unspecified atom stereocenters. The number of carbonyl (C=O) groups is 1. The summed E-state index contributed by atoms with van der Waals surface area (Å²) in [5, 5.41) is 6.11. The highest BCUT2D eigenvalue weighted by Gasteiger charge is 2.02. The van der Waals surface area contributed by atoms with Gasteiger partial charge >= 0.3 is 0 Å². The second kappa shape index (κ2) is 8.08. The zero-order valence-corrected chi connectivity index (χ0v) is 13.1. The van der Waals surface area contributed by atoms with Crippen LogP contribution in [0.1, 0.15) is 18.9 Å². The fraction of sp³-hybridized carbons (Fsp3) is 0.278. The summed E-state index contributed by atoms with van der Waals surface area (Å²) < 4.78 is 5.39. The number of nitrogens with one attached hydrogen (secondary N) is 2. The molecule has 0 aliphatic heterocycles. The highest BCUT2D eigenvalue weighted by atomic mass is 16.5. The molecule has 0 aliphatic rings. The Hall–Kier alpha value is -2.49. The van der Waals surface area contributed by atoms with Gasteiger partial charge in [0.1, 0.15) is 5.75 Å². The van der Waals surface area contributed by atoms with Gasteiger partial charge < -0.3 is 15.4 Å². The summed E-state index contributed by atoms with van der Waals surface area (Å²) in [6.07, 6.45) is 0.418. The summed E-state index contributed by atoms with van der Waals surface area (Å²) in [5.41, 5.74) is 2.98. The van der Waals surface area contributed by atoms with Crippen molar-refractivity contribution in [3.63, 3.8) is 0 Å². The molecular weight excluding hydrogens is 276 g/mol. The standard InChI is InChI=1S/C18H22N2O2/c1-3-22-17-10-8-15(9-11-17)19-13-12-18(21)20-16-6-4-14(2)5-7-16/h4-11,19H,3,12-13H2,1-2H3,(H,20,21). The number of rotatable bonds is 7. The molecule has 116 valence electrons. The van der Waals surface area contributed by atoms with Crippen LogP contribution in [-0.4, -0.2) is 19.1 Å². The van der Waals surface area contributed by atoms with E-state index < -0.39 is 0 Å². The third kappa shape index (κ3) is 5.13. The molecule has 0 fully saturated rings. The van der Waals surface area contributed by atoms with Gasteiger partial charge in [0.2, 0.25) is 5.91 Å². The van der Waals surface area contributed by atoms with E-state index >= 15 is 0 Å². The van der Waals surface area contributed by atoms with E-state index in [1.165, 1.54) is 5.56 Å². The van der Waals surface area contributed by atoms with Gasteiger partial charge in [-0.15, -0.1) is 0 Å². The van der Waals surface area contributed by atoms with Gasteiger partial charge in [-0.1, -0.05) is 17.7 Å². The van der Waals surface area contributed by atoms with E-state index in [-0.39, 0.29) is 5.91 Å². The van der Waals surface area contributed by atoms with Gasteiger partial charge in [-0.05, 0) is 50.2 Å². The topological polar surface area (TPSA) is 50.4 Å². The zero-order valence-electron chi connectivity index (χ0n) is 13.1. The first kappa shape index (κ1) is 15.9. The van der Waals surface area contributed by atoms with Crippen LogP contribution >= 0.6 is 0 Å². The second-order valence-corrected chi connectivity index (χ2v) is 5.05. The number of hydrogen-bond donors (Lipinski definition) is 2. The molecule has 0 atom stereocenters. The minimum absolute atomic E-state index is 0.00212. The molecule has 0 aliphatic carbocycles. The average Bonchev–Trinajstić information content (AvgIpc) is 2.52. The zero-order chi connectivity index (χ0) is 15.8. The van der Waals surface area contributed by atoms with Crippen molar-refractivity contribution < 1.29 is 9.53 Å². The van der Waals surface area contributed by atoms with Crippen LogP contribution in [0.15, 0.2) is 48.5 Å². The first-order valence-corrected chi connectivity index (χ1v) is 7.50. The third-order valence-electron chi connectivity index (χ3n) is 3.18. The Morgan fingerprint density at radius 1 is 1.00 bits per heavy atom. The maximum Gasteiger partial charge on any atom is 0.226 e. The number of carbonyl (C=O) groups excluding carboxylic acids is 1. The lowest BCUT2D eigenvalue weighted by Gasteiger charge is -2.09. The predicted molar refractivity (Wildman–Crippen MR) is 90.5 cm³/mol. The Morgan fingerprint density at radius 2 is 1.64 bits per heavy atom. The molecule has 2 N–H and O–H groups in total. The van der Waals surface area contributed by atoms with Crippen LogP contribution in [0.4, 0.5) is 11.4 Å². The molecule has 2 aromatic carbocycles. The van der Waals surface area contributed by atoms with E-state index in [1.54, 1.807) is 0 Å². The van der Waals surface area contributed by atoms with Crippen molar-refractivity contribution in [3.8, 4) is 5.75 Å². The number of anilines is 2. The molecule has 4 nitrogen and oxygen atoms in total.